The van der Waals surface area contributed by atoms with E-state index < -0.39 is 5.91 Å². The minimum Gasteiger partial charge on any atom is -0.496 e. The predicted molar refractivity (Wildman–Crippen MR) is 112 cm³/mol. The van der Waals surface area contributed by atoms with Gasteiger partial charge in [0.1, 0.15) is 17.4 Å². The second-order valence-corrected chi connectivity index (χ2v) is 6.30. The molecule has 5 nitrogen and oxygen atoms in total. The highest BCUT2D eigenvalue weighted by atomic mass is 16.5. The van der Waals surface area contributed by atoms with Crippen LogP contribution in [0, 0.1) is 11.3 Å². The molecule has 2 aromatic carbocycles. The zero-order chi connectivity index (χ0) is 20.4. The Morgan fingerprint density at radius 1 is 1.07 bits per heavy atom. The summed E-state index contributed by atoms with van der Waals surface area (Å²) in [6.45, 7) is 4.68. The third kappa shape index (κ3) is 5.37. The number of rotatable bonds is 9. The summed E-state index contributed by atoms with van der Waals surface area (Å²) in [6.07, 6.45) is 3.82. The molecule has 5 heteroatoms. The van der Waals surface area contributed by atoms with Gasteiger partial charge in [-0.25, -0.2) is 0 Å². The molecule has 146 valence electrons. The van der Waals surface area contributed by atoms with E-state index in [9.17, 15) is 10.1 Å². The number of amides is 1. The molecule has 0 unspecified atom stereocenters. The SMILES string of the molecule is CCc1cccc(CC)c1NC(=O)/C(C#N)=C\NCCc1ccccc1OC. The molecule has 2 N–H and O–H groups in total. The van der Waals surface area contributed by atoms with Gasteiger partial charge in [-0.1, -0.05) is 50.2 Å². The molecule has 0 spiro atoms. The first-order chi connectivity index (χ1) is 13.6. The van der Waals surface area contributed by atoms with Crippen LogP contribution in [0.2, 0.25) is 0 Å². The van der Waals surface area contributed by atoms with Gasteiger partial charge in [-0.3, -0.25) is 4.79 Å². The maximum atomic E-state index is 12.6. The molecule has 0 fully saturated rings. The number of carbonyl (C=O) groups excluding carboxylic acids is 1. The fourth-order valence-corrected chi connectivity index (χ4v) is 3.02. The molecule has 0 aliphatic rings. The molecule has 0 heterocycles. The predicted octanol–water partition coefficient (Wildman–Crippen LogP) is 4.00. The van der Waals surface area contributed by atoms with Crippen LogP contribution < -0.4 is 15.4 Å². The molecular formula is C23H27N3O2. The Bertz CT molecular complexity index is 859. The highest BCUT2D eigenvalue weighted by Crippen LogP contribution is 2.23. The van der Waals surface area contributed by atoms with Crippen LogP contribution in [0.4, 0.5) is 5.69 Å². The molecule has 0 atom stereocenters. The summed E-state index contributed by atoms with van der Waals surface area (Å²) in [6, 6.07) is 15.8. The van der Waals surface area contributed by atoms with Gasteiger partial charge in [-0.15, -0.1) is 0 Å². The van der Waals surface area contributed by atoms with E-state index in [0.29, 0.717) is 6.54 Å². The van der Waals surface area contributed by atoms with Crippen LogP contribution >= 0.6 is 0 Å². The highest BCUT2D eigenvalue weighted by Gasteiger charge is 2.13. The van der Waals surface area contributed by atoms with Gasteiger partial charge in [0.25, 0.3) is 5.91 Å². The second-order valence-electron chi connectivity index (χ2n) is 6.30. The fourth-order valence-electron chi connectivity index (χ4n) is 3.02. The van der Waals surface area contributed by atoms with Crippen molar-refractivity contribution in [2.24, 2.45) is 0 Å². The highest BCUT2D eigenvalue weighted by molar-refractivity contribution is 6.07. The number of para-hydroxylation sites is 2. The second kappa shape index (κ2) is 10.8. The molecule has 2 rings (SSSR count). The van der Waals surface area contributed by atoms with Gasteiger partial charge in [-0.05, 0) is 42.0 Å². The van der Waals surface area contributed by atoms with E-state index in [1.54, 1.807) is 7.11 Å². The standard InChI is InChI=1S/C23H27N3O2/c1-4-17-10-8-11-18(5-2)22(17)26-23(27)20(15-24)16-25-14-13-19-9-6-7-12-21(19)28-3/h6-12,16,25H,4-5,13-14H2,1-3H3,(H,26,27)/b20-16-. The Kier molecular flexibility index (Phi) is 8.11. The van der Waals surface area contributed by atoms with Gasteiger partial charge in [0.2, 0.25) is 0 Å². The largest absolute Gasteiger partial charge is 0.496 e. The minimum absolute atomic E-state index is 0.0491. The van der Waals surface area contributed by atoms with Crippen molar-refractivity contribution in [2.45, 2.75) is 33.1 Å². The summed E-state index contributed by atoms with van der Waals surface area (Å²) < 4.78 is 5.33. The Labute approximate surface area is 167 Å². The van der Waals surface area contributed by atoms with Gasteiger partial charge >= 0.3 is 0 Å². The zero-order valence-corrected chi connectivity index (χ0v) is 16.7. The summed E-state index contributed by atoms with van der Waals surface area (Å²) in [5, 5.41) is 15.4. The molecule has 0 saturated heterocycles. The van der Waals surface area contributed by atoms with Gasteiger partial charge in [0.05, 0.1) is 7.11 Å². The molecule has 0 saturated carbocycles. The van der Waals surface area contributed by atoms with E-state index in [0.717, 1.165) is 47.4 Å². The van der Waals surface area contributed by atoms with E-state index in [4.69, 9.17) is 4.74 Å². The number of ether oxygens (including phenoxy) is 1. The normalized spacial score (nSPS) is 10.9. The van der Waals surface area contributed by atoms with E-state index in [1.807, 2.05) is 62.4 Å². The number of nitrogens with one attached hydrogen (secondary N) is 2. The average Bonchev–Trinajstić information content (AvgIpc) is 2.74. The number of anilines is 1. The van der Waals surface area contributed by atoms with Crippen molar-refractivity contribution in [2.75, 3.05) is 19.0 Å². The van der Waals surface area contributed by atoms with E-state index >= 15 is 0 Å². The molecule has 28 heavy (non-hydrogen) atoms. The van der Waals surface area contributed by atoms with Gasteiger partial charge in [-0.2, -0.15) is 5.26 Å². The number of nitrogens with zero attached hydrogens (tertiary/aromatic N) is 1. The maximum absolute atomic E-state index is 12.6. The van der Waals surface area contributed by atoms with Crippen LogP contribution in [-0.2, 0) is 24.1 Å². The lowest BCUT2D eigenvalue weighted by molar-refractivity contribution is -0.112. The monoisotopic (exact) mass is 377 g/mol. The molecular weight excluding hydrogens is 350 g/mol. The number of nitriles is 1. The van der Waals surface area contributed by atoms with Crippen molar-refractivity contribution in [3.05, 3.63) is 70.9 Å². The number of methoxy groups -OCH3 is 1. The Balaban J connectivity index is 2.03. The van der Waals surface area contributed by atoms with Crippen LogP contribution in [-0.4, -0.2) is 19.6 Å². The molecule has 0 radical (unpaired) electrons. The molecule has 0 aromatic heterocycles. The third-order valence-corrected chi connectivity index (χ3v) is 4.58. The Morgan fingerprint density at radius 3 is 2.32 bits per heavy atom. The van der Waals surface area contributed by atoms with Crippen LogP contribution in [0.25, 0.3) is 0 Å². The molecule has 0 aliphatic carbocycles. The molecule has 1 amide bonds. The third-order valence-electron chi connectivity index (χ3n) is 4.58. The van der Waals surface area contributed by atoms with Crippen LogP contribution in [0.5, 0.6) is 5.75 Å². The number of benzene rings is 2. The van der Waals surface area contributed by atoms with Crippen LogP contribution in [0.15, 0.2) is 54.2 Å². The molecule has 0 bridgehead atoms. The molecule has 2 aromatic rings. The summed E-state index contributed by atoms with van der Waals surface area (Å²) in [4.78, 5) is 12.6. The van der Waals surface area contributed by atoms with Crippen molar-refractivity contribution >= 4 is 11.6 Å². The van der Waals surface area contributed by atoms with Crippen molar-refractivity contribution in [1.82, 2.24) is 5.32 Å². The van der Waals surface area contributed by atoms with Gasteiger partial charge < -0.3 is 15.4 Å². The Morgan fingerprint density at radius 2 is 1.71 bits per heavy atom. The zero-order valence-electron chi connectivity index (χ0n) is 16.7. The average molecular weight is 377 g/mol. The minimum atomic E-state index is -0.400. The number of carbonyl (C=O) groups is 1. The number of hydrogen-bond acceptors (Lipinski definition) is 4. The van der Waals surface area contributed by atoms with E-state index in [1.165, 1.54) is 6.20 Å². The summed E-state index contributed by atoms with van der Waals surface area (Å²) in [5.74, 6) is 0.428. The van der Waals surface area contributed by atoms with Crippen LogP contribution in [0.3, 0.4) is 0 Å². The maximum Gasteiger partial charge on any atom is 0.267 e. The summed E-state index contributed by atoms with van der Waals surface area (Å²) >= 11 is 0. The fraction of sp³-hybridized carbons (Fsp3) is 0.304. The Hall–Kier alpha value is -3.26. The van der Waals surface area contributed by atoms with Crippen molar-refractivity contribution in [3.63, 3.8) is 0 Å². The smallest absolute Gasteiger partial charge is 0.267 e. The first-order valence-corrected chi connectivity index (χ1v) is 9.52. The number of aryl methyl sites for hydroxylation is 2. The van der Waals surface area contributed by atoms with E-state index in [-0.39, 0.29) is 5.57 Å². The van der Waals surface area contributed by atoms with Gasteiger partial charge in [0.15, 0.2) is 0 Å². The lowest BCUT2D eigenvalue weighted by atomic mass is 10.0. The first kappa shape index (κ1) is 21.0. The quantitative estimate of drug-likeness (QED) is 0.394. The topological polar surface area (TPSA) is 74.2 Å². The lowest BCUT2D eigenvalue weighted by Crippen LogP contribution is -2.19. The van der Waals surface area contributed by atoms with Crippen LogP contribution in [0.1, 0.15) is 30.5 Å². The van der Waals surface area contributed by atoms with Gasteiger partial charge in [0, 0.05) is 18.4 Å². The van der Waals surface area contributed by atoms with E-state index in [2.05, 4.69) is 10.6 Å². The summed E-state index contributed by atoms with van der Waals surface area (Å²) in [5.41, 5.74) is 4.06. The van der Waals surface area contributed by atoms with Crippen molar-refractivity contribution < 1.29 is 9.53 Å². The molecule has 0 aliphatic heterocycles. The summed E-state index contributed by atoms with van der Waals surface area (Å²) in [7, 11) is 1.64. The first-order valence-electron chi connectivity index (χ1n) is 9.52. The van der Waals surface area contributed by atoms with Crippen molar-refractivity contribution in [3.8, 4) is 11.8 Å². The lowest BCUT2D eigenvalue weighted by Gasteiger charge is -2.14. The number of hydrogen-bond donors (Lipinski definition) is 2. The van der Waals surface area contributed by atoms with Crippen molar-refractivity contribution in [1.29, 1.82) is 5.26 Å².